The molecule has 27 heavy (non-hydrogen) atoms. The highest BCUT2D eigenvalue weighted by molar-refractivity contribution is 7.80. The van der Waals surface area contributed by atoms with Crippen molar-refractivity contribution in [3.63, 3.8) is 0 Å². The van der Waals surface area contributed by atoms with Crippen LogP contribution in [0.1, 0.15) is 26.3 Å². The molecule has 0 heterocycles. The van der Waals surface area contributed by atoms with Gasteiger partial charge in [-0.3, -0.25) is 0 Å². The minimum atomic E-state index is -0.211. The summed E-state index contributed by atoms with van der Waals surface area (Å²) >= 11 is 5.32. The summed E-state index contributed by atoms with van der Waals surface area (Å²) in [6.07, 6.45) is 0. The van der Waals surface area contributed by atoms with Crippen molar-refractivity contribution in [3.05, 3.63) is 54.1 Å². The Morgan fingerprint density at radius 1 is 1.00 bits per heavy atom. The van der Waals surface area contributed by atoms with Gasteiger partial charge in [0, 0.05) is 24.0 Å². The molecule has 0 spiro atoms. The zero-order chi connectivity index (χ0) is 19.6. The van der Waals surface area contributed by atoms with Crippen LogP contribution in [0.4, 0.5) is 16.2 Å². The fraction of sp³-hybridized carbons (Fsp3) is 0.300. The summed E-state index contributed by atoms with van der Waals surface area (Å²) in [5.41, 5.74) is 2.69. The Morgan fingerprint density at radius 2 is 1.59 bits per heavy atom. The summed E-state index contributed by atoms with van der Waals surface area (Å²) in [4.78, 5) is 11.7. The maximum Gasteiger partial charge on any atom is 0.319 e. The normalized spacial score (nSPS) is 10.2. The molecule has 0 saturated carbocycles. The number of ether oxygens (including phenoxy) is 1. The molecular formula is C20H26N4O2S. The van der Waals surface area contributed by atoms with E-state index in [2.05, 4.69) is 21.3 Å². The molecule has 0 aliphatic carbocycles. The van der Waals surface area contributed by atoms with Gasteiger partial charge in [0.2, 0.25) is 0 Å². The summed E-state index contributed by atoms with van der Waals surface area (Å²) in [6, 6.07) is 15.1. The highest BCUT2D eigenvalue weighted by atomic mass is 32.1. The zero-order valence-electron chi connectivity index (χ0n) is 15.8. The van der Waals surface area contributed by atoms with Crippen molar-refractivity contribution < 1.29 is 9.53 Å². The molecule has 4 N–H and O–H groups in total. The van der Waals surface area contributed by atoms with Crippen LogP contribution in [0, 0.1) is 0 Å². The second-order valence-corrected chi connectivity index (χ2v) is 6.62. The first kappa shape index (κ1) is 20.5. The third-order valence-corrected chi connectivity index (χ3v) is 3.75. The van der Waals surface area contributed by atoms with Crippen LogP contribution in [-0.2, 0) is 6.54 Å². The molecule has 0 atom stereocenters. The molecule has 2 aromatic carbocycles. The molecular weight excluding hydrogens is 360 g/mol. The smallest absolute Gasteiger partial charge is 0.319 e. The highest BCUT2D eigenvalue weighted by Crippen LogP contribution is 2.15. The number of hydrogen-bond acceptors (Lipinski definition) is 3. The molecule has 6 nitrogen and oxygen atoms in total. The van der Waals surface area contributed by atoms with Gasteiger partial charge in [-0.05, 0) is 75.0 Å². The fourth-order valence-electron chi connectivity index (χ4n) is 2.29. The van der Waals surface area contributed by atoms with Gasteiger partial charge in [-0.2, -0.15) is 0 Å². The van der Waals surface area contributed by atoms with E-state index in [4.69, 9.17) is 17.0 Å². The Balaban J connectivity index is 1.78. The van der Waals surface area contributed by atoms with Crippen LogP contribution in [0.3, 0.4) is 0 Å². The van der Waals surface area contributed by atoms with Crippen molar-refractivity contribution in [1.29, 1.82) is 0 Å². The summed E-state index contributed by atoms with van der Waals surface area (Å²) in [5, 5.41) is 12.4. The number of benzene rings is 2. The molecule has 0 radical (unpaired) electrons. The summed E-state index contributed by atoms with van der Waals surface area (Å²) < 4.78 is 5.42. The predicted molar refractivity (Wildman–Crippen MR) is 114 cm³/mol. The Hall–Kier alpha value is -2.80. The first-order valence-corrected chi connectivity index (χ1v) is 9.31. The molecule has 144 valence electrons. The van der Waals surface area contributed by atoms with Gasteiger partial charge in [-0.15, -0.1) is 0 Å². The van der Waals surface area contributed by atoms with Gasteiger partial charge < -0.3 is 26.0 Å². The Bertz CT molecular complexity index is 746. The van der Waals surface area contributed by atoms with Gasteiger partial charge in [0.15, 0.2) is 5.11 Å². The summed E-state index contributed by atoms with van der Waals surface area (Å²) in [7, 11) is 0. The molecule has 0 aliphatic rings. The van der Waals surface area contributed by atoms with Crippen molar-refractivity contribution in [2.24, 2.45) is 0 Å². The van der Waals surface area contributed by atoms with Crippen LogP contribution in [0.5, 0.6) is 5.75 Å². The average molecular weight is 387 g/mol. The summed E-state index contributed by atoms with van der Waals surface area (Å²) in [5.74, 6) is 0.831. The van der Waals surface area contributed by atoms with E-state index in [1.165, 1.54) is 0 Å². The number of thiocarbonyl (C=S) groups is 1. The third kappa shape index (κ3) is 7.53. The van der Waals surface area contributed by atoms with Gasteiger partial charge >= 0.3 is 6.03 Å². The maximum absolute atomic E-state index is 11.7. The Labute approximate surface area is 165 Å². The topological polar surface area (TPSA) is 74.4 Å². The maximum atomic E-state index is 11.7. The number of carbonyl (C=O) groups excluding carboxylic acids is 1. The average Bonchev–Trinajstić information content (AvgIpc) is 2.62. The second kappa shape index (κ2) is 10.4. The number of urea groups is 1. The van der Waals surface area contributed by atoms with Crippen LogP contribution in [-0.4, -0.2) is 23.8 Å². The number of rotatable bonds is 7. The minimum absolute atomic E-state index is 0.0948. The Kier molecular flexibility index (Phi) is 7.88. The zero-order valence-corrected chi connectivity index (χ0v) is 16.7. The van der Waals surface area contributed by atoms with Crippen LogP contribution in [0.2, 0.25) is 0 Å². The third-order valence-electron chi connectivity index (χ3n) is 3.51. The second-order valence-electron chi connectivity index (χ2n) is 6.22. The van der Waals surface area contributed by atoms with Crippen LogP contribution >= 0.6 is 12.2 Å². The molecule has 0 bridgehead atoms. The standard InChI is InChI=1S/C20H26N4O2S/c1-4-26-18-11-9-17(10-12-18)24-20(27)21-13-15-5-7-16(8-6-15)23-19(25)22-14(2)3/h5-12,14H,4,13H2,1-3H3,(H2,21,24,27)(H2,22,23,25). The molecule has 0 saturated heterocycles. The number of hydrogen-bond donors (Lipinski definition) is 4. The van der Waals surface area contributed by atoms with E-state index in [9.17, 15) is 4.79 Å². The van der Waals surface area contributed by atoms with Crippen LogP contribution in [0.25, 0.3) is 0 Å². The fourth-order valence-corrected chi connectivity index (χ4v) is 2.48. The van der Waals surface area contributed by atoms with Crippen molar-refractivity contribution >= 4 is 34.7 Å². The molecule has 0 aromatic heterocycles. The molecule has 0 fully saturated rings. The van der Waals surface area contributed by atoms with Crippen LogP contribution in [0.15, 0.2) is 48.5 Å². The highest BCUT2D eigenvalue weighted by Gasteiger charge is 2.04. The van der Waals surface area contributed by atoms with Crippen molar-refractivity contribution in [2.75, 3.05) is 17.2 Å². The lowest BCUT2D eigenvalue weighted by Gasteiger charge is -2.12. The predicted octanol–water partition coefficient (Wildman–Crippen LogP) is 4.10. The largest absolute Gasteiger partial charge is 0.494 e. The van der Waals surface area contributed by atoms with Gasteiger partial charge in [-0.25, -0.2) is 4.79 Å². The van der Waals surface area contributed by atoms with E-state index >= 15 is 0 Å². The quantitative estimate of drug-likeness (QED) is 0.539. The first-order valence-electron chi connectivity index (χ1n) is 8.90. The van der Waals surface area contributed by atoms with Gasteiger partial charge in [0.05, 0.1) is 6.61 Å². The van der Waals surface area contributed by atoms with E-state index in [1.807, 2.05) is 69.3 Å². The molecule has 0 unspecified atom stereocenters. The van der Waals surface area contributed by atoms with Crippen molar-refractivity contribution in [1.82, 2.24) is 10.6 Å². The van der Waals surface area contributed by atoms with E-state index in [1.54, 1.807) is 0 Å². The lowest BCUT2D eigenvalue weighted by Crippen LogP contribution is -2.34. The number of amides is 2. The van der Waals surface area contributed by atoms with Gasteiger partial charge in [0.1, 0.15) is 5.75 Å². The van der Waals surface area contributed by atoms with E-state index < -0.39 is 0 Å². The lowest BCUT2D eigenvalue weighted by atomic mass is 10.2. The number of carbonyl (C=O) groups is 1. The van der Waals surface area contributed by atoms with Gasteiger partial charge in [-0.1, -0.05) is 12.1 Å². The van der Waals surface area contributed by atoms with Crippen molar-refractivity contribution in [2.45, 2.75) is 33.4 Å². The monoisotopic (exact) mass is 386 g/mol. The molecule has 2 rings (SSSR count). The van der Waals surface area contributed by atoms with E-state index in [-0.39, 0.29) is 12.1 Å². The SMILES string of the molecule is CCOc1ccc(NC(=S)NCc2ccc(NC(=O)NC(C)C)cc2)cc1. The minimum Gasteiger partial charge on any atom is -0.494 e. The van der Waals surface area contributed by atoms with Crippen molar-refractivity contribution in [3.8, 4) is 5.75 Å². The van der Waals surface area contributed by atoms with E-state index in [0.29, 0.717) is 18.3 Å². The molecule has 7 heteroatoms. The Morgan fingerprint density at radius 3 is 2.19 bits per heavy atom. The summed E-state index contributed by atoms with van der Waals surface area (Å²) in [6.45, 7) is 7.01. The van der Waals surface area contributed by atoms with Gasteiger partial charge in [0.25, 0.3) is 0 Å². The lowest BCUT2D eigenvalue weighted by molar-refractivity contribution is 0.250. The molecule has 2 aromatic rings. The van der Waals surface area contributed by atoms with E-state index in [0.717, 1.165) is 22.7 Å². The van der Waals surface area contributed by atoms with Crippen LogP contribution < -0.4 is 26.0 Å². The first-order chi connectivity index (χ1) is 13.0. The molecule has 0 aliphatic heterocycles. The number of nitrogens with one attached hydrogen (secondary N) is 4. The number of anilines is 2. The molecule has 2 amide bonds.